The second kappa shape index (κ2) is 13.3. The van der Waals surface area contributed by atoms with E-state index in [1.165, 1.54) is 0 Å². The molecule has 0 radical (unpaired) electrons. The van der Waals surface area contributed by atoms with E-state index in [0.717, 1.165) is 55.8 Å². The first kappa shape index (κ1) is 24.2. The Hall–Kier alpha value is -2.07. The van der Waals surface area contributed by atoms with E-state index in [9.17, 15) is 0 Å². The second-order valence-corrected chi connectivity index (χ2v) is 6.76. The minimum absolute atomic E-state index is 0. The monoisotopic (exact) mass is 525 g/mol. The van der Waals surface area contributed by atoms with Gasteiger partial charge in [-0.1, -0.05) is 24.3 Å². The van der Waals surface area contributed by atoms with Gasteiger partial charge in [0.1, 0.15) is 11.6 Å². The summed E-state index contributed by atoms with van der Waals surface area (Å²) in [6, 6.07) is 14.0. The molecule has 0 aliphatic carbocycles. The summed E-state index contributed by atoms with van der Waals surface area (Å²) < 4.78 is 11.2. The second-order valence-electron chi connectivity index (χ2n) is 6.76. The zero-order valence-electron chi connectivity index (χ0n) is 17.8. The van der Waals surface area contributed by atoms with E-state index < -0.39 is 0 Å². The highest BCUT2D eigenvalue weighted by Crippen LogP contribution is 2.18. The third-order valence-corrected chi connectivity index (χ3v) is 4.83. The number of hydrogen-bond acceptors (Lipinski definition) is 5. The topological polar surface area (TPSA) is 62.2 Å². The lowest BCUT2D eigenvalue weighted by Gasteiger charge is -2.37. The van der Waals surface area contributed by atoms with Crippen LogP contribution in [0.25, 0.3) is 0 Å². The Balaban J connectivity index is 0.00000320. The predicted octanol–water partition coefficient (Wildman–Crippen LogP) is 3.01. The number of nitrogens with one attached hydrogen (secondary N) is 1. The predicted molar refractivity (Wildman–Crippen MR) is 132 cm³/mol. The minimum atomic E-state index is 0. The summed E-state index contributed by atoms with van der Waals surface area (Å²) in [5.74, 6) is 2.85. The smallest absolute Gasteiger partial charge is 0.194 e. The number of hydrogen-bond donors (Lipinski definition) is 1. The average Bonchev–Trinajstić information content (AvgIpc) is 2.79. The van der Waals surface area contributed by atoms with E-state index in [-0.39, 0.29) is 24.0 Å². The van der Waals surface area contributed by atoms with Crippen molar-refractivity contribution in [3.05, 3.63) is 54.2 Å². The van der Waals surface area contributed by atoms with Crippen molar-refractivity contribution in [2.75, 3.05) is 57.9 Å². The molecule has 1 saturated heterocycles. The van der Waals surface area contributed by atoms with Crippen LogP contribution in [0.5, 0.6) is 5.75 Å². The molecule has 1 aromatic carbocycles. The maximum atomic E-state index is 5.80. The van der Waals surface area contributed by atoms with Crippen molar-refractivity contribution in [1.29, 1.82) is 0 Å². The van der Waals surface area contributed by atoms with Gasteiger partial charge in [-0.05, 0) is 25.1 Å². The summed E-state index contributed by atoms with van der Waals surface area (Å²) in [5.41, 5.74) is 1.05. The standard InChI is InChI=1S/C22H31N5O2.HI/c1-3-23-22(25-12-17-29-18-19-8-4-5-9-20(19)28-2)27-15-13-26(14-16-27)21-10-6-7-11-24-21;/h4-11H,3,12-18H2,1-2H3,(H,23,25);1H. The Bertz CT molecular complexity index is 767. The van der Waals surface area contributed by atoms with Gasteiger partial charge in [0.25, 0.3) is 0 Å². The lowest BCUT2D eigenvalue weighted by Crippen LogP contribution is -2.52. The van der Waals surface area contributed by atoms with Crippen LogP contribution >= 0.6 is 24.0 Å². The highest BCUT2D eigenvalue weighted by molar-refractivity contribution is 14.0. The molecule has 7 nitrogen and oxygen atoms in total. The zero-order chi connectivity index (χ0) is 20.3. The number of benzene rings is 1. The van der Waals surface area contributed by atoms with Crippen molar-refractivity contribution in [1.82, 2.24) is 15.2 Å². The highest BCUT2D eigenvalue weighted by atomic mass is 127. The molecule has 0 unspecified atom stereocenters. The molecule has 8 heteroatoms. The van der Waals surface area contributed by atoms with Gasteiger partial charge in [-0.3, -0.25) is 4.99 Å². The summed E-state index contributed by atoms with van der Waals surface area (Å²) in [7, 11) is 1.68. The molecule has 1 fully saturated rings. The number of rotatable bonds is 8. The normalized spacial score (nSPS) is 14.3. The summed E-state index contributed by atoms with van der Waals surface area (Å²) in [6.45, 7) is 8.38. The van der Waals surface area contributed by atoms with Gasteiger partial charge in [-0.25, -0.2) is 4.98 Å². The number of guanidine groups is 1. The molecule has 2 heterocycles. The van der Waals surface area contributed by atoms with Crippen LogP contribution in [-0.2, 0) is 11.3 Å². The Morgan fingerprint density at radius 2 is 1.87 bits per heavy atom. The molecule has 1 aromatic heterocycles. The fourth-order valence-corrected chi connectivity index (χ4v) is 3.33. The molecular formula is C22H32IN5O2. The number of nitrogens with zero attached hydrogens (tertiary/aromatic N) is 4. The molecule has 2 aromatic rings. The van der Waals surface area contributed by atoms with Gasteiger partial charge < -0.3 is 24.6 Å². The molecule has 0 amide bonds. The third-order valence-electron chi connectivity index (χ3n) is 4.83. The van der Waals surface area contributed by atoms with Crippen molar-refractivity contribution < 1.29 is 9.47 Å². The highest BCUT2D eigenvalue weighted by Gasteiger charge is 2.20. The van der Waals surface area contributed by atoms with Crippen LogP contribution in [0.4, 0.5) is 5.82 Å². The van der Waals surface area contributed by atoms with E-state index in [1.54, 1.807) is 7.11 Å². The molecule has 0 bridgehead atoms. The summed E-state index contributed by atoms with van der Waals surface area (Å²) in [4.78, 5) is 13.8. The minimum Gasteiger partial charge on any atom is -0.496 e. The average molecular weight is 525 g/mol. The van der Waals surface area contributed by atoms with E-state index in [4.69, 9.17) is 14.5 Å². The Morgan fingerprint density at radius 1 is 1.10 bits per heavy atom. The van der Waals surface area contributed by atoms with E-state index in [0.29, 0.717) is 19.8 Å². The summed E-state index contributed by atoms with van der Waals surface area (Å²) in [6.07, 6.45) is 1.85. The number of pyridine rings is 1. The summed E-state index contributed by atoms with van der Waals surface area (Å²) in [5, 5.41) is 3.40. The van der Waals surface area contributed by atoms with Crippen molar-refractivity contribution in [3.63, 3.8) is 0 Å². The number of aliphatic imine (C=N–C) groups is 1. The van der Waals surface area contributed by atoms with E-state index in [2.05, 4.69) is 33.1 Å². The van der Waals surface area contributed by atoms with Crippen molar-refractivity contribution in [3.8, 4) is 5.75 Å². The number of piperazine rings is 1. The number of ether oxygens (including phenoxy) is 2. The summed E-state index contributed by atoms with van der Waals surface area (Å²) >= 11 is 0. The maximum absolute atomic E-state index is 5.80. The largest absolute Gasteiger partial charge is 0.496 e. The number of methoxy groups -OCH3 is 1. The van der Waals surface area contributed by atoms with Crippen LogP contribution in [0.3, 0.4) is 0 Å². The first-order valence-electron chi connectivity index (χ1n) is 10.2. The molecule has 1 aliphatic rings. The Labute approximate surface area is 196 Å². The molecular weight excluding hydrogens is 493 g/mol. The van der Waals surface area contributed by atoms with Gasteiger partial charge in [0, 0.05) is 44.5 Å². The Morgan fingerprint density at radius 3 is 2.57 bits per heavy atom. The molecule has 0 atom stereocenters. The lowest BCUT2D eigenvalue weighted by molar-refractivity contribution is 0.126. The molecule has 30 heavy (non-hydrogen) atoms. The van der Waals surface area contributed by atoms with Gasteiger partial charge in [-0.15, -0.1) is 24.0 Å². The van der Waals surface area contributed by atoms with Gasteiger partial charge in [0.2, 0.25) is 0 Å². The van der Waals surface area contributed by atoms with Crippen molar-refractivity contribution >= 4 is 35.8 Å². The van der Waals surface area contributed by atoms with Gasteiger partial charge in [0.15, 0.2) is 5.96 Å². The number of aromatic nitrogens is 1. The SMILES string of the molecule is CCNC(=NCCOCc1ccccc1OC)N1CCN(c2ccccn2)CC1.I. The van der Waals surface area contributed by atoms with Gasteiger partial charge in [-0.2, -0.15) is 0 Å². The van der Waals surface area contributed by atoms with Crippen LogP contribution in [-0.4, -0.2) is 68.8 Å². The fourth-order valence-electron chi connectivity index (χ4n) is 3.33. The molecule has 164 valence electrons. The quantitative estimate of drug-likeness (QED) is 0.248. The maximum Gasteiger partial charge on any atom is 0.194 e. The number of para-hydroxylation sites is 1. The first-order valence-corrected chi connectivity index (χ1v) is 10.2. The first-order chi connectivity index (χ1) is 14.3. The molecule has 1 N–H and O–H groups in total. The van der Waals surface area contributed by atoms with Crippen LogP contribution in [0.15, 0.2) is 53.7 Å². The molecule has 3 rings (SSSR count). The number of halogens is 1. The van der Waals surface area contributed by atoms with Crippen LogP contribution in [0, 0.1) is 0 Å². The van der Waals surface area contributed by atoms with Crippen LogP contribution in [0.2, 0.25) is 0 Å². The van der Waals surface area contributed by atoms with Gasteiger partial charge in [0.05, 0.1) is 26.9 Å². The van der Waals surface area contributed by atoms with Crippen molar-refractivity contribution in [2.45, 2.75) is 13.5 Å². The van der Waals surface area contributed by atoms with Crippen LogP contribution < -0.4 is 15.0 Å². The fraction of sp³-hybridized carbons (Fsp3) is 0.455. The third kappa shape index (κ3) is 7.02. The van der Waals surface area contributed by atoms with E-state index >= 15 is 0 Å². The van der Waals surface area contributed by atoms with Crippen molar-refractivity contribution in [2.24, 2.45) is 4.99 Å². The molecule has 1 aliphatic heterocycles. The zero-order valence-corrected chi connectivity index (χ0v) is 20.1. The van der Waals surface area contributed by atoms with Crippen LogP contribution in [0.1, 0.15) is 12.5 Å². The lowest BCUT2D eigenvalue weighted by atomic mass is 10.2. The molecule has 0 spiro atoms. The van der Waals surface area contributed by atoms with Gasteiger partial charge >= 0.3 is 0 Å². The molecule has 0 saturated carbocycles. The Kier molecular flexibility index (Phi) is 10.7. The number of anilines is 1. The van der Waals surface area contributed by atoms with E-state index in [1.807, 2.05) is 42.6 Å².